The first-order valence-corrected chi connectivity index (χ1v) is 41.7. The maximum absolute atomic E-state index is 13.3. The number of ketones is 3. The van der Waals surface area contributed by atoms with Crippen molar-refractivity contribution in [3.05, 3.63) is 232 Å². The molecule has 0 spiro atoms. The summed E-state index contributed by atoms with van der Waals surface area (Å²) >= 11 is 0. The maximum Gasteiger partial charge on any atom is 0.319 e. The van der Waals surface area contributed by atoms with Crippen LogP contribution in [-0.4, -0.2) is 203 Å². The quantitative estimate of drug-likeness (QED) is 0.00487. The Morgan fingerprint density at radius 1 is 0.387 bits per heavy atom. The molecule has 1 atom stereocenters. The van der Waals surface area contributed by atoms with E-state index in [9.17, 15) is 62.3 Å². The number of fused-ring (bicyclic) bond motifs is 3. The topological polar surface area (TPSA) is 391 Å². The molecule has 646 valence electrons. The van der Waals surface area contributed by atoms with Gasteiger partial charge in [-0.15, -0.1) is 0 Å². The van der Waals surface area contributed by atoms with E-state index in [1.165, 1.54) is 28.4 Å². The Morgan fingerprint density at radius 3 is 1.07 bits per heavy atom. The number of esters is 3. The molecule has 10 amide bonds. The Morgan fingerprint density at radius 2 is 0.726 bits per heavy atom. The van der Waals surface area contributed by atoms with Gasteiger partial charge < -0.3 is 80.7 Å². The predicted molar refractivity (Wildman–Crippen MR) is 470 cm³/mol. The highest BCUT2D eigenvalue weighted by Gasteiger charge is 2.36. The summed E-state index contributed by atoms with van der Waals surface area (Å²) in [6.45, 7) is 27.0. The summed E-state index contributed by atoms with van der Waals surface area (Å²) in [7, 11) is 0. The van der Waals surface area contributed by atoms with E-state index in [2.05, 4.69) is 56.5 Å². The second kappa shape index (κ2) is 46.3. The minimum absolute atomic E-state index is 0.101. The number of carbonyl (C=O) groups is 13. The van der Waals surface area contributed by atoms with Crippen molar-refractivity contribution in [2.24, 2.45) is 0 Å². The molecule has 3 fully saturated rings. The van der Waals surface area contributed by atoms with Crippen LogP contribution < -0.4 is 31.9 Å². The van der Waals surface area contributed by atoms with Crippen molar-refractivity contribution >= 4 is 138 Å². The summed E-state index contributed by atoms with van der Waals surface area (Å²) in [4.78, 5) is 187. The SMILES string of the molecule is CCOC(=O)CCCCCNC(=O)Nc1cccc2c(C(=O)C(=O)N3CCN(C(=O)c4ccccc4)C[C@H]3C)c[nH]c12.[C-]#[N+]C(=C1CCN(C(=O)C(=O)c2c[nH]c3c(NC(=O)NCCCC(=O)OCC)cccc23)CC1)c1ccccc1.[C-]#[N+]C(=C1CCN(C(=O)C(=O)c2c[nH]c3c(NC(=O)NCCCCCC(=O)OCC)cccc23)CC1)c1ccccc1. The number of hydrogen-bond acceptors (Lipinski definition) is 16. The monoisotopic (exact) mass is 1690 g/mol. The molecule has 31 heteroatoms. The van der Waals surface area contributed by atoms with E-state index in [1.807, 2.05) is 85.8 Å². The Labute approximate surface area is 718 Å². The lowest BCUT2D eigenvalue weighted by Crippen LogP contribution is -2.56. The van der Waals surface area contributed by atoms with Gasteiger partial charge in [0.1, 0.15) is 0 Å². The highest BCUT2D eigenvalue weighted by atomic mass is 16.5. The molecule has 3 aromatic heterocycles. The van der Waals surface area contributed by atoms with Crippen molar-refractivity contribution in [2.75, 3.05) is 101 Å². The Hall–Kier alpha value is -14.5. The average molecular weight is 1690 g/mol. The van der Waals surface area contributed by atoms with E-state index in [0.717, 1.165) is 41.5 Å². The van der Waals surface area contributed by atoms with Crippen LogP contribution in [0.4, 0.5) is 31.4 Å². The molecule has 9 aromatic rings. The van der Waals surface area contributed by atoms with Gasteiger partial charge in [-0.2, -0.15) is 0 Å². The van der Waals surface area contributed by atoms with Gasteiger partial charge in [0.05, 0.1) is 83.3 Å². The zero-order valence-corrected chi connectivity index (χ0v) is 70.0. The number of nitrogens with one attached hydrogen (secondary N) is 9. The van der Waals surface area contributed by atoms with Gasteiger partial charge in [0.25, 0.3) is 41.0 Å². The third kappa shape index (κ3) is 24.9. The van der Waals surface area contributed by atoms with Crippen LogP contribution in [-0.2, 0) is 43.0 Å². The van der Waals surface area contributed by atoms with Crippen LogP contribution in [0.25, 0.3) is 53.8 Å². The number of piperidine rings is 2. The second-order valence-electron chi connectivity index (χ2n) is 29.5. The van der Waals surface area contributed by atoms with Crippen LogP contribution in [0.15, 0.2) is 175 Å². The van der Waals surface area contributed by atoms with Crippen molar-refractivity contribution in [1.82, 2.24) is 50.5 Å². The van der Waals surface area contributed by atoms with Gasteiger partial charge in [-0.1, -0.05) is 139 Å². The lowest BCUT2D eigenvalue weighted by molar-refractivity contribution is -0.144. The van der Waals surface area contributed by atoms with Gasteiger partial charge in [0.2, 0.25) is 0 Å². The van der Waals surface area contributed by atoms with E-state index in [4.69, 9.17) is 27.4 Å². The van der Waals surface area contributed by atoms with Crippen LogP contribution in [0.3, 0.4) is 0 Å². The number of rotatable bonds is 31. The number of likely N-dealkylation sites (tertiary alicyclic amines) is 2. The predicted octanol–water partition coefficient (Wildman–Crippen LogP) is 14.3. The number of hydrogen-bond donors (Lipinski definition) is 9. The van der Waals surface area contributed by atoms with Gasteiger partial charge >= 0.3 is 36.0 Å². The third-order valence-corrected chi connectivity index (χ3v) is 21.1. The van der Waals surface area contributed by atoms with Gasteiger partial charge in [-0.05, 0) is 127 Å². The molecule has 3 aliphatic heterocycles. The van der Waals surface area contributed by atoms with Crippen molar-refractivity contribution in [2.45, 2.75) is 124 Å². The van der Waals surface area contributed by atoms with Crippen LogP contribution in [0, 0.1) is 13.1 Å². The van der Waals surface area contributed by atoms with Gasteiger partial charge in [-0.3, -0.25) is 47.9 Å². The Bertz CT molecular complexity index is 5490. The number of benzene rings is 6. The largest absolute Gasteiger partial charge is 0.466 e. The molecule has 0 saturated carbocycles. The third-order valence-electron chi connectivity index (χ3n) is 21.1. The molecule has 0 aliphatic carbocycles. The normalized spacial score (nSPS) is 13.5. The number of H-pyrrole nitrogens is 3. The van der Waals surface area contributed by atoms with Crippen LogP contribution in [0.2, 0.25) is 0 Å². The highest BCUT2D eigenvalue weighted by molar-refractivity contribution is 6.46. The minimum atomic E-state index is -0.652. The molecule has 124 heavy (non-hydrogen) atoms. The van der Waals surface area contributed by atoms with Gasteiger partial charge in [0.15, 0.2) is 11.4 Å². The van der Waals surface area contributed by atoms with E-state index in [1.54, 1.807) is 97.3 Å². The molecule has 12 rings (SSSR count). The average Bonchev–Trinajstić information content (AvgIpc) is 1.64. The second-order valence-corrected chi connectivity index (χ2v) is 29.5. The number of piperazine rings is 1. The van der Waals surface area contributed by atoms with Gasteiger partial charge in [-0.25, -0.2) is 24.1 Å². The van der Waals surface area contributed by atoms with Crippen molar-refractivity contribution < 1.29 is 76.5 Å². The summed E-state index contributed by atoms with van der Waals surface area (Å²) in [6, 6.07) is 41.8. The molecule has 0 radical (unpaired) electrons. The first-order chi connectivity index (χ1) is 60.1. The molecule has 3 aliphatic rings. The van der Waals surface area contributed by atoms with E-state index < -0.39 is 53.2 Å². The van der Waals surface area contributed by atoms with E-state index in [-0.39, 0.29) is 59.5 Å². The number of aromatic nitrogens is 3. The first kappa shape index (κ1) is 91.8. The molecule has 31 nitrogen and oxygen atoms in total. The molecule has 6 aromatic carbocycles. The number of anilines is 3. The number of amides is 10. The molecular weight excluding hydrogens is 1580 g/mol. The number of unbranched alkanes of at least 4 members (excludes halogenated alkanes) is 4. The summed E-state index contributed by atoms with van der Waals surface area (Å²) < 4.78 is 14.7. The minimum Gasteiger partial charge on any atom is -0.466 e. The number of Topliss-reactive ketones (excluding diaryl/α,β-unsaturated/α-hetero) is 3. The molecule has 9 N–H and O–H groups in total. The zero-order chi connectivity index (χ0) is 88.4. The fourth-order valence-corrected chi connectivity index (χ4v) is 14.8. The summed E-state index contributed by atoms with van der Waals surface area (Å²) in [5.41, 5.74) is 9.21. The standard InChI is InChI=1S/C32H35N5O5.C31H37N5O6.C30H31N5O5/c1-3-42-27(38)15-8-5-9-18-34-32(41)36-26-14-10-13-24-25(21-35-29(24)26)30(39)31(40)37-19-16-23(17-20-37)28(33-2)22-11-6-4-7-12-22;1-3-42-26(37)15-8-5-9-16-32-31(41)34-25-14-10-13-23-24(19-33-27(23)25)28(38)30(40)36-18-17-35(20-21(36)2)29(39)22-11-6-4-7-12-22;1-3-40-25(36)13-8-16-32-30(39)34-24-12-7-11-22-23(19-33-27(22)24)28(37)29(38)35-17-14-21(15-18-35)26(31-2)20-9-5-4-6-10-20/h4,6-7,10-14,21,35H,3,5,8-9,15-20H2,1H3,(H2,34,36,41);4,6-7,10-14,19,21,33H,3,5,8-9,15-18,20H2,1-2H3,(H2,32,34,41);4-7,9-12,19,33H,3,8,13-18H2,1H3,(H2,32,34,39)/t;21-;/m.1./s1. The lowest BCUT2D eigenvalue weighted by atomic mass is 9.97. The van der Waals surface area contributed by atoms with Crippen molar-refractivity contribution in [3.63, 3.8) is 0 Å². The molecular formula is C93H103N15O16. The van der Waals surface area contributed by atoms with E-state index in [0.29, 0.717) is 210 Å². The number of urea groups is 3. The summed E-state index contributed by atoms with van der Waals surface area (Å²) in [6.07, 6.45) is 12.4. The molecule has 6 heterocycles. The molecule has 0 unspecified atom stereocenters. The highest BCUT2D eigenvalue weighted by Crippen LogP contribution is 2.34. The Kier molecular flexibility index (Phi) is 34.3. The molecule has 3 saturated heterocycles. The summed E-state index contributed by atoms with van der Waals surface area (Å²) in [5.74, 6) is -4.55. The van der Waals surface area contributed by atoms with Gasteiger partial charge in [0, 0.05) is 131 Å². The van der Waals surface area contributed by atoms with Crippen LogP contribution >= 0.6 is 0 Å². The van der Waals surface area contributed by atoms with E-state index >= 15 is 0 Å². The number of nitrogens with zero attached hydrogens (tertiary/aromatic N) is 6. The fourth-order valence-electron chi connectivity index (χ4n) is 14.8. The Balaban J connectivity index is 0.000000195. The first-order valence-electron chi connectivity index (χ1n) is 41.7. The smallest absolute Gasteiger partial charge is 0.319 e. The fraction of sp³-hybridized carbons (Fsp3) is 0.344. The van der Waals surface area contributed by atoms with Crippen molar-refractivity contribution in [3.8, 4) is 0 Å². The lowest BCUT2D eigenvalue weighted by Gasteiger charge is -2.39. The number of ether oxygens (including phenoxy) is 3. The maximum atomic E-state index is 13.3. The van der Waals surface area contributed by atoms with Crippen LogP contribution in [0.5, 0.6) is 0 Å². The number of para-hydroxylation sites is 3. The number of aromatic amines is 3. The van der Waals surface area contributed by atoms with Crippen molar-refractivity contribution in [1.29, 1.82) is 0 Å². The summed E-state index contributed by atoms with van der Waals surface area (Å²) in [5, 5.41) is 18.2. The molecule has 0 bridgehead atoms. The number of carbonyl (C=O) groups excluding carboxylic acids is 13. The zero-order valence-electron chi connectivity index (χ0n) is 70.0. The van der Waals surface area contributed by atoms with Crippen LogP contribution in [0.1, 0.15) is 170 Å².